The van der Waals surface area contributed by atoms with Crippen LogP contribution in [-0.2, 0) is 9.53 Å². The summed E-state index contributed by atoms with van der Waals surface area (Å²) >= 11 is 0. The van der Waals surface area contributed by atoms with Crippen molar-refractivity contribution >= 4 is 17.3 Å². The molecular formula is C12H17FN2O2. The van der Waals surface area contributed by atoms with E-state index in [4.69, 9.17) is 10.5 Å². The Bertz CT molecular complexity index is 383. The molecule has 0 atom stereocenters. The van der Waals surface area contributed by atoms with Crippen LogP contribution in [0.3, 0.4) is 0 Å². The molecule has 0 radical (unpaired) electrons. The van der Waals surface area contributed by atoms with E-state index in [1.165, 1.54) is 18.2 Å². The molecule has 0 saturated heterocycles. The van der Waals surface area contributed by atoms with Crippen LogP contribution in [0, 0.1) is 5.82 Å². The first-order valence-corrected chi connectivity index (χ1v) is 5.56. The standard InChI is InChI=1S/C12H17FN2O2/c1-2-3-6-17-8-12(16)15-11-7-9(14)4-5-10(11)13/h4-5,7H,2-3,6,8,14H2,1H3,(H,15,16). The maximum atomic E-state index is 13.3. The minimum Gasteiger partial charge on any atom is -0.399 e. The molecule has 1 aromatic carbocycles. The van der Waals surface area contributed by atoms with Gasteiger partial charge in [0.05, 0.1) is 5.69 Å². The molecule has 0 aliphatic carbocycles. The number of anilines is 2. The Kier molecular flexibility index (Phi) is 5.42. The first-order valence-electron chi connectivity index (χ1n) is 5.56. The predicted octanol–water partition coefficient (Wildman–Crippen LogP) is 2.16. The van der Waals surface area contributed by atoms with Crippen LogP contribution in [-0.4, -0.2) is 19.1 Å². The van der Waals surface area contributed by atoms with E-state index in [1.807, 2.05) is 6.92 Å². The van der Waals surface area contributed by atoms with E-state index < -0.39 is 5.82 Å². The molecule has 0 aliphatic heterocycles. The van der Waals surface area contributed by atoms with Gasteiger partial charge in [-0.2, -0.15) is 0 Å². The summed E-state index contributed by atoms with van der Waals surface area (Å²) in [7, 11) is 0. The minimum absolute atomic E-state index is 0.0752. The molecule has 0 heterocycles. The highest BCUT2D eigenvalue weighted by molar-refractivity contribution is 5.92. The smallest absolute Gasteiger partial charge is 0.250 e. The second kappa shape index (κ2) is 6.85. The number of carbonyl (C=O) groups excluding carboxylic acids is 1. The van der Waals surface area contributed by atoms with Crippen LogP contribution in [0.4, 0.5) is 15.8 Å². The summed E-state index contributed by atoms with van der Waals surface area (Å²) in [5.74, 6) is -0.897. The number of nitrogens with one attached hydrogen (secondary N) is 1. The lowest BCUT2D eigenvalue weighted by Gasteiger charge is -2.07. The molecule has 0 aliphatic rings. The van der Waals surface area contributed by atoms with Crippen molar-refractivity contribution in [3.8, 4) is 0 Å². The fourth-order valence-corrected chi connectivity index (χ4v) is 1.24. The Balaban J connectivity index is 2.42. The fourth-order valence-electron chi connectivity index (χ4n) is 1.24. The number of unbranched alkanes of at least 4 members (excludes halogenated alkanes) is 1. The number of rotatable bonds is 6. The molecule has 5 heteroatoms. The number of hydrogen-bond donors (Lipinski definition) is 2. The maximum absolute atomic E-state index is 13.3. The molecule has 0 spiro atoms. The number of benzene rings is 1. The van der Waals surface area contributed by atoms with Gasteiger partial charge in [0.1, 0.15) is 12.4 Å². The van der Waals surface area contributed by atoms with Crippen LogP contribution < -0.4 is 11.1 Å². The maximum Gasteiger partial charge on any atom is 0.250 e. The molecule has 17 heavy (non-hydrogen) atoms. The van der Waals surface area contributed by atoms with E-state index >= 15 is 0 Å². The molecule has 0 unspecified atom stereocenters. The second-order valence-corrected chi connectivity index (χ2v) is 3.69. The van der Waals surface area contributed by atoms with Crippen molar-refractivity contribution in [2.75, 3.05) is 24.3 Å². The third-order valence-corrected chi connectivity index (χ3v) is 2.14. The lowest BCUT2D eigenvalue weighted by molar-refractivity contribution is -0.120. The average molecular weight is 240 g/mol. The zero-order chi connectivity index (χ0) is 12.7. The minimum atomic E-state index is -0.513. The van der Waals surface area contributed by atoms with E-state index in [2.05, 4.69) is 5.32 Å². The summed E-state index contributed by atoms with van der Waals surface area (Å²) in [5.41, 5.74) is 5.97. The van der Waals surface area contributed by atoms with E-state index in [9.17, 15) is 9.18 Å². The van der Waals surface area contributed by atoms with E-state index in [0.29, 0.717) is 12.3 Å². The van der Waals surface area contributed by atoms with Gasteiger partial charge in [-0.1, -0.05) is 13.3 Å². The van der Waals surface area contributed by atoms with Gasteiger partial charge in [-0.3, -0.25) is 4.79 Å². The Morgan fingerprint density at radius 1 is 1.53 bits per heavy atom. The van der Waals surface area contributed by atoms with Gasteiger partial charge in [0.2, 0.25) is 5.91 Å². The SMILES string of the molecule is CCCCOCC(=O)Nc1cc(N)ccc1F. The average Bonchev–Trinajstić information content (AvgIpc) is 2.29. The molecule has 0 saturated carbocycles. The zero-order valence-electron chi connectivity index (χ0n) is 9.83. The highest BCUT2D eigenvalue weighted by Crippen LogP contribution is 2.17. The Hall–Kier alpha value is -1.62. The zero-order valence-corrected chi connectivity index (χ0v) is 9.83. The molecule has 0 bridgehead atoms. The van der Waals surface area contributed by atoms with E-state index in [0.717, 1.165) is 12.8 Å². The second-order valence-electron chi connectivity index (χ2n) is 3.69. The molecule has 4 nitrogen and oxygen atoms in total. The Morgan fingerprint density at radius 3 is 3.00 bits per heavy atom. The van der Waals surface area contributed by atoms with Gasteiger partial charge in [-0.15, -0.1) is 0 Å². The van der Waals surface area contributed by atoms with Crippen LogP contribution in [0.1, 0.15) is 19.8 Å². The summed E-state index contributed by atoms with van der Waals surface area (Å²) in [4.78, 5) is 11.4. The van der Waals surface area contributed by atoms with Crippen LogP contribution in [0.25, 0.3) is 0 Å². The third-order valence-electron chi connectivity index (χ3n) is 2.14. The Labute approximate surface area is 100.0 Å². The summed E-state index contributed by atoms with van der Waals surface area (Å²) in [6, 6.07) is 4.02. The van der Waals surface area contributed by atoms with Gasteiger partial charge in [0, 0.05) is 12.3 Å². The van der Waals surface area contributed by atoms with Crippen LogP contribution in [0.2, 0.25) is 0 Å². The first kappa shape index (κ1) is 13.4. The summed E-state index contributed by atoms with van der Waals surface area (Å²) in [5, 5.41) is 2.41. The summed E-state index contributed by atoms with van der Waals surface area (Å²) in [6.07, 6.45) is 1.91. The molecule has 94 valence electrons. The number of halogens is 1. The highest BCUT2D eigenvalue weighted by atomic mass is 19.1. The van der Waals surface area contributed by atoms with Crippen LogP contribution >= 0.6 is 0 Å². The van der Waals surface area contributed by atoms with Crippen molar-refractivity contribution in [3.05, 3.63) is 24.0 Å². The quantitative estimate of drug-likeness (QED) is 0.591. The fraction of sp³-hybridized carbons (Fsp3) is 0.417. The molecule has 1 aromatic rings. The number of nitrogen functional groups attached to an aromatic ring is 1. The van der Waals surface area contributed by atoms with Gasteiger partial charge in [0.15, 0.2) is 0 Å². The van der Waals surface area contributed by atoms with Gasteiger partial charge in [-0.05, 0) is 24.6 Å². The topological polar surface area (TPSA) is 64.3 Å². The van der Waals surface area contributed by atoms with Crippen molar-refractivity contribution in [2.24, 2.45) is 0 Å². The molecular weight excluding hydrogens is 223 g/mol. The lowest BCUT2D eigenvalue weighted by Crippen LogP contribution is -2.19. The van der Waals surface area contributed by atoms with Crippen molar-refractivity contribution in [2.45, 2.75) is 19.8 Å². The number of ether oxygens (including phenoxy) is 1. The monoisotopic (exact) mass is 240 g/mol. The van der Waals surface area contributed by atoms with E-state index in [1.54, 1.807) is 0 Å². The largest absolute Gasteiger partial charge is 0.399 e. The van der Waals surface area contributed by atoms with Gasteiger partial charge in [0.25, 0.3) is 0 Å². The number of nitrogens with two attached hydrogens (primary N) is 1. The molecule has 1 amide bonds. The molecule has 1 rings (SSSR count). The molecule has 0 aromatic heterocycles. The molecule has 0 fully saturated rings. The number of amides is 1. The van der Waals surface area contributed by atoms with Crippen LogP contribution in [0.15, 0.2) is 18.2 Å². The number of hydrogen-bond acceptors (Lipinski definition) is 3. The van der Waals surface area contributed by atoms with Gasteiger partial charge >= 0.3 is 0 Å². The number of carbonyl (C=O) groups is 1. The van der Waals surface area contributed by atoms with Crippen molar-refractivity contribution < 1.29 is 13.9 Å². The van der Waals surface area contributed by atoms with Crippen molar-refractivity contribution in [1.82, 2.24) is 0 Å². The lowest BCUT2D eigenvalue weighted by atomic mass is 10.2. The van der Waals surface area contributed by atoms with Gasteiger partial charge in [-0.25, -0.2) is 4.39 Å². The Morgan fingerprint density at radius 2 is 2.29 bits per heavy atom. The first-order chi connectivity index (χ1) is 8.13. The highest BCUT2D eigenvalue weighted by Gasteiger charge is 2.07. The molecule has 3 N–H and O–H groups in total. The van der Waals surface area contributed by atoms with Crippen LogP contribution in [0.5, 0.6) is 0 Å². The van der Waals surface area contributed by atoms with Gasteiger partial charge < -0.3 is 15.8 Å². The van der Waals surface area contributed by atoms with E-state index in [-0.39, 0.29) is 18.2 Å². The summed E-state index contributed by atoms with van der Waals surface area (Å²) in [6.45, 7) is 2.49. The van der Waals surface area contributed by atoms with Crippen molar-refractivity contribution in [1.29, 1.82) is 0 Å². The summed E-state index contributed by atoms with van der Waals surface area (Å²) < 4.78 is 18.4. The predicted molar refractivity (Wildman–Crippen MR) is 65.2 cm³/mol. The normalized spacial score (nSPS) is 10.2. The van der Waals surface area contributed by atoms with Crippen molar-refractivity contribution in [3.63, 3.8) is 0 Å². The third kappa shape index (κ3) is 4.82.